The summed E-state index contributed by atoms with van der Waals surface area (Å²) in [4.78, 5) is 15.3. The number of hydrogen-bond acceptors (Lipinski definition) is 3. The van der Waals surface area contributed by atoms with E-state index in [4.69, 9.17) is 4.74 Å². The lowest BCUT2D eigenvalue weighted by molar-refractivity contribution is 0.0929. The van der Waals surface area contributed by atoms with Gasteiger partial charge in [0.05, 0.1) is 18.9 Å². The molecule has 2 aromatic rings. The summed E-state index contributed by atoms with van der Waals surface area (Å²) in [5.41, 5.74) is 4.02. The van der Waals surface area contributed by atoms with E-state index in [2.05, 4.69) is 10.2 Å². The largest absolute Gasteiger partial charge is 0.378 e. The van der Waals surface area contributed by atoms with Gasteiger partial charge in [-0.1, -0.05) is 13.0 Å². The van der Waals surface area contributed by atoms with E-state index in [1.807, 2.05) is 32.3 Å². The van der Waals surface area contributed by atoms with Gasteiger partial charge in [0.1, 0.15) is 5.69 Å². The summed E-state index contributed by atoms with van der Waals surface area (Å²) in [5.74, 6) is -1.91. The van der Waals surface area contributed by atoms with Gasteiger partial charge in [-0.15, -0.1) is 0 Å². The van der Waals surface area contributed by atoms with Crippen LogP contribution in [0.15, 0.2) is 18.2 Å². The van der Waals surface area contributed by atoms with Gasteiger partial charge in [0.15, 0.2) is 11.6 Å². The first-order valence-electron chi connectivity index (χ1n) is 10.1. The summed E-state index contributed by atoms with van der Waals surface area (Å²) < 4.78 is 34.5. The standard InChI is InChI=1S/C22H29F2N3O2/c1-5-14(2)25-22(28)21-15(3)20(26-8-10-29-11-9-26)16(4)27(21)13-17-6-7-18(23)19(24)12-17/h6-7,12,14H,5,8-11,13H2,1-4H3,(H,25,28)/t14-/m0/s1. The van der Waals surface area contributed by atoms with Crippen LogP contribution in [0.4, 0.5) is 14.5 Å². The molecule has 1 amide bonds. The highest BCUT2D eigenvalue weighted by Gasteiger charge is 2.27. The number of halogens is 2. The second kappa shape index (κ2) is 8.95. The second-order valence-electron chi connectivity index (χ2n) is 7.62. The number of morpholine rings is 1. The number of benzene rings is 1. The molecule has 1 atom stereocenters. The van der Waals surface area contributed by atoms with E-state index < -0.39 is 11.6 Å². The number of ether oxygens (including phenoxy) is 1. The van der Waals surface area contributed by atoms with Crippen LogP contribution in [0.3, 0.4) is 0 Å². The molecule has 1 aliphatic heterocycles. The normalized spacial score (nSPS) is 15.4. The number of aromatic nitrogens is 1. The smallest absolute Gasteiger partial charge is 0.268 e. The molecule has 0 aliphatic carbocycles. The number of hydrogen-bond donors (Lipinski definition) is 1. The molecule has 7 heteroatoms. The maximum absolute atomic E-state index is 13.7. The minimum Gasteiger partial charge on any atom is -0.378 e. The third kappa shape index (κ3) is 4.45. The molecule has 5 nitrogen and oxygen atoms in total. The maximum Gasteiger partial charge on any atom is 0.268 e. The molecule has 0 unspecified atom stereocenters. The Bertz CT molecular complexity index is 889. The van der Waals surface area contributed by atoms with Crippen LogP contribution in [0, 0.1) is 25.5 Å². The molecule has 3 rings (SSSR count). The zero-order valence-electron chi connectivity index (χ0n) is 17.5. The molecule has 1 aromatic heterocycles. The van der Waals surface area contributed by atoms with Crippen LogP contribution < -0.4 is 10.2 Å². The third-order valence-corrected chi connectivity index (χ3v) is 5.58. The summed E-state index contributed by atoms with van der Waals surface area (Å²) in [7, 11) is 0. The van der Waals surface area contributed by atoms with Gasteiger partial charge < -0.3 is 19.5 Å². The number of carbonyl (C=O) groups excluding carboxylic acids is 1. The van der Waals surface area contributed by atoms with Crippen molar-refractivity contribution in [2.75, 3.05) is 31.2 Å². The highest BCUT2D eigenvalue weighted by molar-refractivity contribution is 5.96. The van der Waals surface area contributed by atoms with Crippen molar-refractivity contribution in [3.8, 4) is 0 Å². The van der Waals surface area contributed by atoms with E-state index in [9.17, 15) is 13.6 Å². The van der Waals surface area contributed by atoms with Crippen molar-refractivity contribution >= 4 is 11.6 Å². The first-order valence-corrected chi connectivity index (χ1v) is 10.1. The number of amides is 1. The van der Waals surface area contributed by atoms with E-state index in [1.54, 1.807) is 6.07 Å². The predicted molar refractivity (Wildman–Crippen MR) is 110 cm³/mol. The molecule has 1 N–H and O–H groups in total. The molecule has 1 fully saturated rings. The Morgan fingerprint density at radius 1 is 1.21 bits per heavy atom. The maximum atomic E-state index is 13.7. The van der Waals surface area contributed by atoms with Crippen LogP contribution >= 0.6 is 0 Å². The Morgan fingerprint density at radius 3 is 2.52 bits per heavy atom. The van der Waals surface area contributed by atoms with Gasteiger partial charge in [0, 0.05) is 36.9 Å². The van der Waals surface area contributed by atoms with Crippen molar-refractivity contribution in [2.45, 2.75) is 46.7 Å². The van der Waals surface area contributed by atoms with E-state index in [0.29, 0.717) is 24.5 Å². The predicted octanol–water partition coefficient (Wildman–Crippen LogP) is 3.80. The highest BCUT2D eigenvalue weighted by Crippen LogP contribution is 2.32. The van der Waals surface area contributed by atoms with Gasteiger partial charge in [0.2, 0.25) is 0 Å². The lowest BCUT2D eigenvalue weighted by atomic mass is 10.1. The Morgan fingerprint density at radius 2 is 1.90 bits per heavy atom. The lowest BCUT2D eigenvalue weighted by Gasteiger charge is -2.29. The molecule has 0 spiro atoms. The monoisotopic (exact) mass is 405 g/mol. The lowest BCUT2D eigenvalue weighted by Crippen LogP contribution is -2.37. The first kappa shape index (κ1) is 21.3. The second-order valence-corrected chi connectivity index (χ2v) is 7.62. The van der Waals surface area contributed by atoms with Crippen LogP contribution in [0.2, 0.25) is 0 Å². The minimum atomic E-state index is -0.886. The number of carbonyl (C=O) groups is 1. The number of nitrogens with zero attached hydrogens (tertiary/aromatic N) is 2. The SMILES string of the molecule is CC[C@H](C)NC(=O)c1c(C)c(N2CCOCC2)c(C)n1Cc1ccc(F)c(F)c1. The molecule has 158 valence electrons. The first-order chi connectivity index (χ1) is 13.8. The minimum absolute atomic E-state index is 0.0423. The van der Waals surface area contributed by atoms with Crippen molar-refractivity contribution in [3.05, 3.63) is 52.3 Å². The van der Waals surface area contributed by atoms with E-state index >= 15 is 0 Å². The Balaban J connectivity index is 2.05. The molecule has 1 aromatic carbocycles. The molecular weight excluding hydrogens is 376 g/mol. The quantitative estimate of drug-likeness (QED) is 0.795. The molecular formula is C22H29F2N3O2. The molecule has 0 radical (unpaired) electrons. The van der Waals surface area contributed by atoms with Gasteiger partial charge in [-0.05, 0) is 44.9 Å². The average molecular weight is 405 g/mol. The summed E-state index contributed by atoms with van der Waals surface area (Å²) in [6, 6.07) is 3.91. The van der Waals surface area contributed by atoms with Gasteiger partial charge in [-0.2, -0.15) is 0 Å². The summed E-state index contributed by atoms with van der Waals surface area (Å²) in [6.45, 7) is 11.0. The number of nitrogens with one attached hydrogen (secondary N) is 1. The number of anilines is 1. The van der Waals surface area contributed by atoms with E-state index in [-0.39, 0.29) is 18.5 Å². The Labute approximate surface area is 170 Å². The molecule has 1 saturated heterocycles. The van der Waals surface area contributed by atoms with Crippen molar-refractivity contribution in [1.82, 2.24) is 9.88 Å². The molecule has 0 saturated carbocycles. The fraction of sp³-hybridized carbons (Fsp3) is 0.500. The summed E-state index contributed by atoms with van der Waals surface area (Å²) in [6.07, 6.45) is 0.823. The van der Waals surface area contributed by atoms with E-state index in [0.717, 1.165) is 42.5 Å². The van der Waals surface area contributed by atoms with Crippen LogP contribution in [-0.4, -0.2) is 42.8 Å². The highest BCUT2D eigenvalue weighted by atomic mass is 19.2. The molecule has 1 aliphatic rings. The van der Waals surface area contributed by atoms with Crippen molar-refractivity contribution in [3.63, 3.8) is 0 Å². The number of rotatable bonds is 6. The molecule has 2 heterocycles. The average Bonchev–Trinajstić information content (AvgIpc) is 2.95. The van der Waals surface area contributed by atoms with Crippen LogP contribution in [0.1, 0.15) is 47.6 Å². The topological polar surface area (TPSA) is 46.5 Å². The Hall–Kier alpha value is -2.41. The Kier molecular flexibility index (Phi) is 6.57. The van der Waals surface area contributed by atoms with Crippen molar-refractivity contribution in [1.29, 1.82) is 0 Å². The fourth-order valence-corrected chi connectivity index (χ4v) is 3.84. The van der Waals surface area contributed by atoms with Gasteiger partial charge in [-0.25, -0.2) is 8.78 Å². The zero-order valence-corrected chi connectivity index (χ0v) is 17.5. The molecule has 0 bridgehead atoms. The molecule has 29 heavy (non-hydrogen) atoms. The van der Waals surface area contributed by atoms with Crippen molar-refractivity contribution < 1.29 is 18.3 Å². The fourth-order valence-electron chi connectivity index (χ4n) is 3.84. The van der Waals surface area contributed by atoms with Gasteiger partial charge in [-0.3, -0.25) is 4.79 Å². The zero-order chi connectivity index (χ0) is 21.1. The van der Waals surface area contributed by atoms with Gasteiger partial charge >= 0.3 is 0 Å². The van der Waals surface area contributed by atoms with Crippen molar-refractivity contribution in [2.24, 2.45) is 0 Å². The summed E-state index contributed by atoms with van der Waals surface area (Å²) in [5, 5.41) is 3.04. The van der Waals surface area contributed by atoms with Crippen LogP contribution in [0.5, 0.6) is 0 Å². The van der Waals surface area contributed by atoms with Crippen LogP contribution in [0.25, 0.3) is 0 Å². The van der Waals surface area contributed by atoms with Crippen LogP contribution in [-0.2, 0) is 11.3 Å². The third-order valence-electron chi connectivity index (χ3n) is 5.58. The summed E-state index contributed by atoms with van der Waals surface area (Å²) >= 11 is 0. The van der Waals surface area contributed by atoms with Gasteiger partial charge in [0.25, 0.3) is 5.91 Å². The van der Waals surface area contributed by atoms with E-state index in [1.165, 1.54) is 6.07 Å².